The van der Waals surface area contributed by atoms with Crippen LogP contribution in [0.2, 0.25) is 0 Å². The van der Waals surface area contributed by atoms with Crippen molar-refractivity contribution < 1.29 is 23.5 Å². The van der Waals surface area contributed by atoms with E-state index in [1.807, 2.05) is 72.8 Å². The van der Waals surface area contributed by atoms with Gasteiger partial charge in [-0.1, -0.05) is 66.7 Å². The summed E-state index contributed by atoms with van der Waals surface area (Å²) in [4.78, 5) is 30.2. The van der Waals surface area contributed by atoms with Crippen LogP contribution in [0, 0.1) is 0 Å². The number of esters is 2. The Morgan fingerprint density at radius 1 is 0.844 bits per heavy atom. The van der Waals surface area contributed by atoms with Crippen LogP contribution in [0.4, 0.5) is 0 Å². The Morgan fingerprint density at radius 3 is 2.16 bits per heavy atom. The van der Waals surface area contributed by atoms with E-state index in [0.29, 0.717) is 17.2 Å². The molecule has 4 aromatic rings. The van der Waals surface area contributed by atoms with Crippen LogP contribution in [0.3, 0.4) is 0 Å². The smallest absolute Gasteiger partial charge is 0.326 e. The number of aromatic nitrogens is 1. The summed E-state index contributed by atoms with van der Waals surface area (Å²) >= 11 is 0. The molecule has 0 spiro atoms. The van der Waals surface area contributed by atoms with Crippen molar-refractivity contribution in [3.63, 3.8) is 0 Å². The van der Waals surface area contributed by atoms with Gasteiger partial charge < -0.3 is 13.9 Å². The summed E-state index contributed by atoms with van der Waals surface area (Å²) in [6, 6.07) is 22.9. The Hall–Kier alpha value is -3.93. The molecule has 6 heteroatoms. The van der Waals surface area contributed by atoms with Crippen molar-refractivity contribution in [2.75, 3.05) is 13.2 Å². The molecule has 0 amide bonds. The van der Waals surface area contributed by atoms with Gasteiger partial charge in [-0.05, 0) is 30.7 Å². The fraction of sp³-hybridized carbons (Fsp3) is 0.192. The molecule has 0 aliphatic rings. The second-order valence-corrected chi connectivity index (χ2v) is 7.06. The van der Waals surface area contributed by atoms with Crippen LogP contribution in [0.15, 0.2) is 77.2 Å². The summed E-state index contributed by atoms with van der Waals surface area (Å²) in [5.74, 6) is -2.15. The predicted molar refractivity (Wildman–Crippen MR) is 121 cm³/mol. The van der Waals surface area contributed by atoms with Gasteiger partial charge in [-0.15, -0.1) is 0 Å². The summed E-state index contributed by atoms with van der Waals surface area (Å²) < 4.78 is 16.6. The molecule has 1 heterocycles. The van der Waals surface area contributed by atoms with E-state index in [1.54, 1.807) is 13.8 Å². The maximum atomic E-state index is 12.8. The molecule has 0 saturated carbocycles. The van der Waals surface area contributed by atoms with E-state index in [-0.39, 0.29) is 18.9 Å². The zero-order valence-electron chi connectivity index (χ0n) is 17.9. The van der Waals surface area contributed by atoms with Gasteiger partial charge in [0.1, 0.15) is 5.69 Å². The Kier molecular flexibility index (Phi) is 6.31. The lowest BCUT2D eigenvalue weighted by molar-refractivity contribution is -0.157. The average molecular weight is 429 g/mol. The van der Waals surface area contributed by atoms with Crippen LogP contribution < -0.4 is 0 Å². The van der Waals surface area contributed by atoms with Crippen LogP contribution in [-0.2, 0) is 19.1 Å². The molecule has 0 fully saturated rings. The van der Waals surface area contributed by atoms with Gasteiger partial charge in [-0.2, -0.15) is 0 Å². The summed E-state index contributed by atoms with van der Waals surface area (Å²) in [6.45, 7) is 3.62. The molecule has 162 valence electrons. The Bertz CT molecular complexity index is 1220. The number of hydrogen-bond acceptors (Lipinski definition) is 6. The Labute approximate surface area is 185 Å². The maximum Gasteiger partial charge on any atom is 0.326 e. The zero-order chi connectivity index (χ0) is 22.5. The van der Waals surface area contributed by atoms with Crippen molar-refractivity contribution in [3.05, 3.63) is 78.5 Å². The second-order valence-electron chi connectivity index (χ2n) is 7.06. The lowest BCUT2D eigenvalue weighted by Crippen LogP contribution is -2.27. The van der Waals surface area contributed by atoms with Crippen molar-refractivity contribution in [2.45, 2.75) is 19.8 Å². The minimum absolute atomic E-state index is 0.128. The summed E-state index contributed by atoms with van der Waals surface area (Å²) in [6.07, 6.45) is 0. The normalized spacial score (nSPS) is 11.0. The minimum atomic E-state index is -1.35. The van der Waals surface area contributed by atoms with Gasteiger partial charge in [-0.3, -0.25) is 9.59 Å². The van der Waals surface area contributed by atoms with Gasteiger partial charge in [0.05, 0.1) is 13.2 Å². The van der Waals surface area contributed by atoms with E-state index >= 15 is 0 Å². The van der Waals surface area contributed by atoms with Gasteiger partial charge in [-0.25, -0.2) is 4.98 Å². The SMILES string of the molecule is CCOC(=O)C(C(=O)OCC)c1nc(-c2cccc3ccccc23)oc1-c1ccccc1. The van der Waals surface area contributed by atoms with Crippen LogP contribution in [-0.4, -0.2) is 30.1 Å². The number of oxazole rings is 1. The van der Waals surface area contributed by atoms with Gasteiger partial charge in [0, 0.05) is 11.1 Å². The van der Waals surface area contributed by atoms with Crippen LogP contribution in [0.1, 0.15) is 25.5 Å². The molecule has 0 saturated heterocycles. The van der Waals surface area contributed by atoms with Crippen molar-refractivity contribution in [1.29, 1.82) is 0 Å². The minimum Gasteiger partial charge on any atom is -0.465 e. The standard InChI is InChI=1S/C26H23NO5/c1-3-30-25(28)21(26(29)31-4-2)22-23(18-12-6-5-7-13-18)32-24(27-22)20-16-10-14-17-11-8-9-15-19(17)20/h5-16,21H,3-4H2,1-2H3. The molecule has 0 aliphatic heterocycles. The van der Waals surface area contributed by atoms with Crippen molar-refractivity contribution in [3.8, 4) is 22.8 Å². The van der Waals surface area contributed by atoms with Crippen LogP contribution in [0.25, 0.3) is 33.6 Å². The number of carbonyl (C=O) groups excluding carboxylic acids is 2. The topological polar surface area (TPSA) is 78.6 Å². The number of benzene rings is 3. The fourth-order valence-corrected chi connectivity index (χ4v) is 3.62. The van der Waals surface area contributed by atoms with Gasteiger partial charge in [0.2, 0.25) is 5.89 Å². The molecule has 3 aromatic carbocycles. The molecule has 0 radical (unpaired) electrons. The third kappa shape index (κ3) is 4.12. The highest BCUT2D eigenvalue weighted by Crippen LogP contribution is 2.37. The molecule has 0 atom stereocenters. The first kappa shape index (κ1) is 21.3. The number of nitrogens with zero attached hydrogens (tertiary/aromatic N) is 1. The first-order chi connectivity index (χ1) is 15.6. The predicted octanol–water partition coefficient (Wildman–Crippen LogP) is 5.37. The van der Waals surface area contributed by atoms with E-state index in [0.717, 1.165) is 16.3 Å². The molecule has 0 aliphatic carbocycles. The third-order valence-corrected chi connectivity index (χ3v) is 5.03. The monoisotopic (exact) mass is 429 g/mol. The molecule has 0 N–H and O–H groups in total. The Balaban J connectivity index is 1.93. The highest BCUT2D eigenvalue weighted by atomic mass is 16.6. The molecule has 1 aromatic heterocycles. The van der Waals surface area contributed by atoms with E-state index < -0.39 is 17.9 Å². The molecular formula is C26H23NO5. The van der Waals surface area contributed by atoms with E-state index in [4.69, 9.17) is 13.9 Å². The fourth-order valence-electron chi connectivity index (χ4n) is 3.62. The van der Waals surface area contributed by atoms with Gasteiger partial charge in [0.25, 0.3) is 0 Å². The Morgan fingerprint density at radius 2 is 1.47 bits per heavy atom. The molecule has 4 rings (SSSR count). The quantitative estimate of drug-likeness (QED) is 0.290. The zero-order valence-corrected chi connectivity index (χ0v) is 17.9. The van der Waals surface area contributed by atoms with Gasteiger partial charge >= 0.3 is 11.9 Å². The highest BCUT2D eigenvalue weighted by molar-refractivity contribution is 6.02. The number of rotatable bonds is 7. The van der Waals surface area contributed by atoms with Crippen molar-refractivity contribution in [2.24, 2.45) is 0 Å². The third-order valence-electron chi connectivity index (χ3n) is 5.03. The van der Waals surface area contributed by atoms with E-state index in [2.05, 4.69) is 4.98 Å². The molecular weight excluding hydrogens is 406 g/mol. The van der Waals surface area contributed by atoms with Crippen LogP contribution >= 0.6 is 0 Å². The summed E-state index contributed by atoms with van der Waals surface area (Å²) in [7, 11) is 0. The average Bonchev–Trinajstić information content (AvgIpc) is 3.24. The maximum absolute atomic E-state index is 12.8. The molecule has 0 bridgehead atoms. The summed E-state index contributed by atoms with van der Waals surface area (Å²) in [5.41, 5.74) is 1.63. The van der Waals surface area contributed by atoms with Crippen LogP contribution in [0.5, 0.6) is 0 Å². The molecule has 0 unspecified atom stereocenters. The number of fused-ring (bicyclic) bond motifs is 1. The highest BCUT2D eigenvalue weighted by Gasteiger charge is 2.38. The van der Waals surface area contributed by atoms with Gasteiger partial charge in [0.15, 0.2) is 11.7 Å². The number of hydrogen-bond donors (Lipinski definition) is 0. The van der Waals surface area contributed by atoms with Crippen molar-refractivity contribution >= 4 is 22.7 Å². The second kappa shape index (κ2) is 9.47. The molecule has 6 nitrogen and oxygen atoms in total. The summed E-state index contributed by atoms with van der Waals surface area (Å²) in [5, 5.41) is 1.98. The van der Waals surface area contributed by atoms with Crippen molar-refractivity contribution in [1.82, 2.24) is 4.98 Å². The van der Waals surface area contributed by atoms with E-state index in [9.17, 15) is 9.59 Å². The first-order valence-electron chi connectivity index (χ1n) is 10.5. The number of carbonyl (C=O) groups is 2. The largest absolute Gasteiger partial charge is 0.465 e. The number of ether oxygens (including phenoxy) is 2. The first-order valence-corrected chi connectivity index (χ1v) is 10.5. The molecule has 32 heavy (non-hydrogen) atoms. The van der Waals surface area contributed by atoms with E-state index in [1.165, 1.54) is 0 Å². The lowest BCUT2D eigenvalue weighted by atomic mass is 10.0. The lowest BCUT2D eigenvalue weighted by Gasteiger charge is -2.13.